The summed E-state index contributed by atoms with van der Waals surface area (Å²) in [6.45, 7) is 2.42. The van der Waals surface area contributed by atoms with Crippen molar-refractivity contribution in [3.05, 3.63) is 53.2 Å². The Morgan fingerprint density at radius 2 is 2.30 bits per heavy atom. The molecule has 5 heteroatoms. The van der Waals surface area contributed by atoms with E-state index in [1.807, 2.05) is 6.07 Å². The van der Waals surface area contributed by atoms with E-state index in [0.29, 0.717) is 12.2 Å². The molecule has 0 radical (unpaired) electrons. The number of hydrogen-bond acceptors (Lipinski definition) is 3. The standard InChI is InChI=1S/C15H15FN2O2/c1-10-8-14(20-17-10)15(19)18-7-3-6-13(18)11-4-2-5-12(16)9-11/h2,4-5,8-9,13H,3,6-7H2,1H3/t13-/m0/s1. The molecule has 4 nitrogen and oxygen atoms in total. The van der Waals surface area contributed by atoms with Crippen LogP contribution in [0, 0.1) is 12.7 Å². The molecule has 0 spiro atoms. The summed E-state index contributed by atoms with van der Waals surface area (Å²) in [6.07, 6.45) is 1.74. The predicted octanol–water partition coefficient (Wildman–Crippen LogP) is 3.10. The summed E-state index contributed by atoms with van der Waals surface area (Å²) in [5.74, 6) is -0.222. The van der Waals surface area contributed by atoms with Crippen LogP contribution in [-0.2, 0) is 0 Å². The molecule has 0 saturated carbocycles. The Morgan fingerprint density at radius 1 is 1.45 bits per heavy atom. The fourth-order valence-corrected chi connectivity index (χ4v) is 2.68. The summed E-state index contributed by atoms with van der Waals surface area (Å²) in [7, 11) is 0. The Labute approximate surface area is 116 Å². The largest absolute Gasteiger partial charge is 0.351 e. The number of carbonyl (C=O) groups excluding carboxylic acids is 1. The molecule has 1 saturated heterocycles. The van der Waals surface area contributed by atoms with Crippen LogP contribution in [0.1, 0.15) is 40.7 Å². The number of aryl methyl sites for hydroxylation is 1. The summed E-state index contributed by atoms with van der Waals surface area (Å²) in [5.41, 5.74) is 1.50. The maximum atomic E-state index is 13.3. The lowest BCUT2D eigenvalue weighted by atomic mass is 10.0. The number of benzene rings is 1. The lowest BCUT2D eigenvalue weighted by Gasteiger charge is -2.23. The first-order valence-corrected chi connectivity index (χ1v) is 6.65. The van der Waals surface area contributed by atoms with Gasteiger partial charge in [0.1, 0.15) is 5.82 Å². The topological polar surface area (TPSA) is 46.3 Å². The van der Waals surface area contributed by atoms with Gasteiger partial charge in [0, 0.05) is 12.6 Å². The number of amides is 1. The van der Waals surface area contributed by atoms with Crippen LogP contribution in [0.15, 0.2) is 34.9 Å². The third-order valence-electron chi connectivity index (χ3n) is 3.59. The van der Waals surface area contributed by atoms with Gasteiger partial charge in [-0.3, -0.25) is 4.79 Å². The summed E-state index contributed by atoms with van der Waals surface area (Å²) < 4.78 is 18.4. The molecule has 2 heterocycles. The zero-order chi connectivity index (χ0) is 14.1. The van der Waals surface area contributed by atoms with Crippen molar-refractivity contribution < 1.29 is 13.7 Å². The van der Waals surface area contributed by atoms with Crippen LogP contribution >= 0.6 is 0 Å². The molecule has 104 valence electrons. The highest BCUT2D eigenvalue weighted by Gasteiger charge is 2.32. The van der Waals surface area contributed by atoms with Crippen LogP contribution < -0.4 is 0 Å². The lowest BCUT2D eigenvalue weighted by Crippen LogP contribution is -2.30. The van der Waals surface area contributed by atoms with Crippen LogP contribution in [0.2, 0.25) is 0 Å². The van der Waals surface area contributed by atoms with Crippen LogP contribution in [0.25, 0.3) is 0 Å². The van der Waals surface area contributed by atoms with Crippen LogP contribution in [-0.4, -0.2) is 22.5 Å². The van der Waals surface area contributed by atoms with Crippen molar-refractivity contribution in [3.63, 3.8) is 0 Å². The molecule has 1 amide bonds. The van der Waals surface area contributed by atoms with E-state index in [4.69, 9.17) is 4.52 Å². The monoisotopic (exact) mass is 274 g/mol. The zero-order valence-electron chi connectivity index (χ0n) is 11.2. The van der Waals surface area contributed by atoms with Gasteiger partial charge in [0.25, 0.3) is 5.91 Å². The molecule has 1 aliphatic heterocycles. The third-order valence-corrected chi connectivity index (χ3v) is 3.59. The summed E-state index contributed by atoms with van der Waals surface area (Å²) >= 11 is 0. The van der Waals surface area contributed by atoms with E-state index in [1.165, 1.54) is 12.1 Å². The maximum Gasteiger partial charge on any atom is 0.292 e. The van der Waals surface area contributed by atoms with E-state index < -0.39 is 0 Å². The molecule has 1 atom stereocenters. The Balaban J connectivity index is 1.87. The van der Waals surface area contributed by atoms with Gasteiger partial charge in [0.15, 0.2) is 0 Å². The van der Waals surface area contributed by atoms with E-state index >= 15 is 0 Å². The van der Waals surface area contributed by atoms with Crippen molar-refractivity contribution in [2.24, 2.45) is 0 Å². The zero-order valence-corrected chi connectivity index (χ0v) is 11.2. The minimum absolute atomic E-state index is 0.0939. The first-order valence-electron chi connectivity index (χ1n) is 6.65. The quantitative estimate of drug-likeness (QED) is 0.845. The second-order valence-electron chi connectivity index (χ2n) is 5.04. The fraction of sp³-hybridized carbons (Fsp3) is 0.333. The fourth-order valence-electron chi connectivity index (χ4n) is 2.68. The maximum absolute atomic E-state index is 13.3. The SMILES string of the molecule is Cc1cc(C(=O)N2CCC[C@H]2c2cccc(F)c2)on1. The highest BCUT2D eigenvalue weighted by Crippen LogP contribution is 2.33. The molecule has 0 N–H and O–H groups in total. The van der Waals surface area contributed by atoms with E-state index in [9.17, 15) is 9.18 Å². The van der Waals surface area contributed by atoms with Crippen molar-refractivity contribution in [1.82, 2.24) is 10.1 Å². The third kappa shape index (κ3) is 2.31. The van der Waals surface area contributed by atoms with Gasteiger partial charge >= 0.3 is 0 Å². The number of hydrogen-bond donors (Lipinski definition) is 0. The summed E-state index contributed by atoms with van der Waals surface area (Å²) in [6, 6.07) is 7.95. The molecular formula is C15H15FN2O2. The van der Waals surface area contributed by atoms with Gasteiger partial charge < -0.3 is 9.42 Å². The Kier molecular flexibility index (Phi) is 3.26. The van der Waals surface area contributed by atoms with Gasteiger partial charge in [-0.05, 0) is 37.5 Å². The number of halogens is 1. The second-order valence-corrected chi connectivity index (χ2v) is 5.04. The highest BCUT2D eigenvalue weighted by atomic mass is 19.1. The number of likely N-dealkylation sites (tertiary alicyclic amines) is 1. The van der Waals surface area contributed by atoms with Gasteiger partial charge in [0.05, 0.1) is 11.7 Å². The van der Waals surface area contributed by atoms with Crippen molar-refractivity contribution >= 4 is 5.91 Å². The predicted molar refractivity (Wildman–Crippen MR) is 70.7 cm³/mol. The van der Waals surface area contributed by atoms with E-state index in [0.717, 1.165) is 18.4 Å². The smallest absolute Gasteiger partial charge is 0.292 e. The van der Waals surface area contributed by atoms with E-state index in [1.54, 1.807) is 24.0 Å². The van der Waals surface area contributed by atoms with Gasteiger partial charge in [-0.15, -0.1) is 0 Å². The number of aromatic nitrogens is 1. The molecule has 0 unspecified atom stereocenters. The lowest BCUT2D eigenvalue weighted by molar-refractivity contribution is 0.0693. The second kappa shape index (κ2) is 5.07. The molecule has 3 rings (SSSR count). The molecule has 1 aromatic carbocycles. The first kappa shape index (κ1) is 12.8. The highest BCUT2D eigenvalue weighted by molar-refractivity contribution is 5.92. The Morgan fingerprint density at radius 3 is 3.00 bits per heavy atom. The van der Waals surface area contributed by atoms with Gasteiger partial charge in [-0.25, -0.2) is 4.39 Å². The normalized spacial score (nSPS) is 18.5. The Hall–Kier alpha value is -2.17. The summed E-state index contributed by atoms with van der Waals surface area (Å²) in [4.78, 5) is 14.2. The Bertz CT molecular complexity index is 638. The number of carbonyl (C=O) groups is 1. The van der Waals surface area contributed by atoms with Crippen molar-refractivity contribution in [2.45, 2.75) is 25.8 Å². The van der Waals surface area contributed by atoms with E-state index in [-0.39, 0.29) is 23.5 Å². The average molecular weight is 274 g/mol. The molecule has 1 aromatic heterocycles. The van der Waals surface area contributed by atoms with Crippen molar-refractivity contribution in [3.8, 4) is 0 Å². The van der Waals surface area contributed by atoms with Crippen LogP contribution in [0.3, 0.4) is 0 Å². The molecule has 2 aromatic rings. The minimum Gasteiger partial charge on any atom is -0.351 e. The van der Waals surface area contributed by atoms with Crippen LogP contribution in [0.5, 0.6) is 0 Å². The minimum atomic E-state index is -0.280. The molecule has 0 aliphatic carbocycles. The number of nitrogens with zero attached hydrogens (tertiary/aromatic N) is 2. The van der Waals surface area contributed by atoms with Crippen molar-refractivity contribution in [1.29, 1.82) is 0 Å². The van der Waals surface area contributed by atoms with Gasteiger partial charge in [0.2, 0.25) is 5.76 Å². The molecule has 0 bridgehead atoms. The molecular weight excluding hydrogens is 259 g/mol. The number of rotatable bonds is 2. The molecule has 1 fully saturated rings. The van der Waals surface area contributed by atoms with E-state index in [2.05, 4.69) is 5.16 Å². The first-order chi connectivity index (χ1) is 9.65. The average Bonchev–Trinajstić information content (AvgIpc) is 3.06. The van der Waals surface area contributed by atoms with Crippen molar-refractivity contribution in [2.75, 3.05) is 6.54 Å². The van der Waals surface area contributed by atoms with Gasteiger partial charge in [-0.2, -0.15) is 0 Å². The van der Waals surface area contributed by atoms with Crippen LogP contribution in [0.4, 0.5) is 4.39 Å². The molecule has 20 heavy (non-hydrogen) atoms. The van der Waals surface area contributed by atoms with Gasteiger partial charge in [-0.1, -0.05) is 17.3 Å². The summed E-state index contributed by atoms with van der Waals surface area (Å²) in [5, 5.41) is 3.74. The molecule has 1 aliphatic rings.